The molecule has 0 bridgehead atoms. The molecule has 0 saturated carbocycles. The van der Waals surface area contributed by atoms with Gasteiger partial charge in [0.15, 0.2) is 0 Å². The summed E-state index contributed by atoms with van der Waals surface area (Å²) in [6.45, 7) is 4.57. The molecule has 5 heteroatoms. The Bertz CT molecular complexity index is 363. The lowest BCUT2D eigenvalue weighted by Gasteiger charge is -2.11. The van der Waals surface area contributed by atoms with Gasteiger partial charge >= 0.3 is 7.12 Å². The summed E-state index contributed by atoms with van der Waals surface area (Å²) in [5.74, 6) is 0.913. The first-order valence-electron chi connectivity index (χ1n) is 5.12. The molecular weight excluding hydrogens is 207 g/mol. The molecule has 0 aliphatic heterocycles. The Morgan fingerprint density at radius 1 is 1.44 bits per heavy atom. The van der Waals surface area contributed by atoms with Crippen molar-refractivity contribution in [1.29, 1.82) is 0 Å². The average molecular weight is 222 g/mol. The van der Waals surface area contributed by atoms with Gasteiger partial charge < -0.3 is 14.8 Å². The van der Waals surface area contributed by atoms with Gasteiger partial charge in [-0.15, -0.1) is 0 Å². The van der Waals surface area contributed by atoms with Gasteiger partial charge in [0.2, 0.25) is 0 Å². The van der Waals surface area contributed by atoms with Crippen LogP contribution in [0.15, 0.2) is 18.2 Å². The minimum atomic E-state index is -1.66. The summed E-state index contributed by atoms with van der Waals surface area (Å²) in [7, 11) is -1.66. The van der Waals surface area contributed by atoms with Crippen molar-refractivity contribution in [2.24, 2.45) is 5.92 Å². The second-order valence-corrected chi connectivity index (χ2v) is 3.99. The van der Waals surface area contributed by atoms with Gasteiger partial charge in [-0.25, -0.2) is 0 Å². The maximum absolute atomic E-state index is 10.6. The van der Waals surface area contributed by atoms with E-state index in [1.54, 1.807) is 6.07 Å². The molecule has 1 rings (SSSR count). The summed E-state index contributed by atoms with van der Waals surface area (Å²) in [5.41, 5.74) is 0.420. The highest BCUT2D eigenvalue weighted by Gasteiger charge is 2.16. The Kier molecular flexibility index (Phi) is 4.52. The van der Waals surface area contributed by atoms with Crippen LogP contribution in [-0.4, -0.2) is 30.1 Å². The summed E-state index contributed by atoms with van der Waals surface area (Å²) in [4.78, 5) is 10.6. The number of hydrogen-bond donors (Lipinski definition) is 2. The first kappa shape index (κ1) is 12.7. The molecule has 1 aromatic carbocycles. The first-order valence-corrected chi connectivity index (χ1v) is 5.12. The molecule has 0 atom stereocenters. The van der Waals surface area contributed by atoms with Crippen LogP contribution in [0.2, 0.25) is 0 Å². The Labute approximate surface area is 95.0 Å². The van der Waals surface area contributed by atoms with E-state index in [9.17, 15) is 4.79 Å². The molecule has 0 unspecified atom stereocenters. The van der Waals surface area contributed by atoms with E-state index in [0.717, 1.165) is 0 Å². The molecule has 0 amide bonds. The van der Waals surface area contributed by atoms with Gasteiger partial charge in [0.05, 0.1) is 6.61 Å². The van der Waals surface area contributed by atoms with E-state index in [2.05, 4.69) is 0 Å². The Balaban J connectivity index is 2.89. The summed E-state index contributed by atoms with van der Waals surface area (Å²) in [6, 6.07) is 4.62. The topological polar surface area (TPSA) is 66.8 Å². The molecule has 2 N–H and O–H groups in total. The summed E-state index contributed by atoms with van der Waals surface area (Å²) in [5, 5.41) is 18.2. The fourth-order valence-corrected chi connectivity index (χ4v) is 1.24. The van der Waals surface area contributed by atoms with Gasteiger partial charge in [-0.1, -0.05) is 13.8 Å². The number of ether oxygens (including phenoxy) is 1. The molecule has 1 aromatic rings. The van der Waals surface area contributed by atoms with Crippen LogP contribution < -0.4 is 10.2 Å². The maximum atomic E-state index is 10.6. The third-order valence-electron chi connectivity index (χ3n) is 2.05. The van der Waals surface area contributed by atoms with Crippen molar-refractivity contribution in [3.8, 4) is 5.75 Å². The van der Waals surface area contributed by atoms with Crippen LogP contribution in [0, 0.1) is 5.92 Å². The van der Waals surface area contributed by atoms with Crippen molar-refractivity contribution < 1.29 is 19.6 Å². The van der Waals surface area contributed by atoms with Gasteiger partial charge in [0.25, 0.3) is 0 Å². The number of rotatable bonds is 5. The standard InChI is InChI=1S/C11H15BO4/c1-8(2)7-16-10-4-3-9(6-13)11(5-10)12(14)15/h3-6,8,14-15H,7H2,1-2H3. The summed E-state index contributed by atoms with van der Waals surface area (Å²) < 4.78 is 5.42. The highest BCUT2D eigenvalue weighted by Crippen LogP contribution is 2.11. The van der Waals surface area contributed by atoms with E-state index in [-0.39, 0.29) is 11.0 Å². The fourth-order valence-electron chi connectivity index (χ4n) is 1.24. The minimum absolute atomic E-state index is 0.163. The van der Waals surface area contributed by atoms with Gasteiger partial charge in [-0.2, -0.15) is 0 Å². The van der Waals surface area contributed by atoms with Crippen molar-refractivity contribution >= 4 is 18.9 Å². The van der Waals surface area contributed by atoms with E-state index in [1.807, 2.05) is 13.8 Å². The second-order valence-electron chi connectivity index (χ2n) is 3.99. The lowest BCUT2D eigenvalue weighted by molar-refractivity contribution is 0.112. The van der Waals surface area contributed by atoms with Crippen molar-refractivity contribution in [3.63, 3.8) is 0 Å². The van der Waals surface area contributed by atoms with Crippen LogP contribution >= 0.6 is 0 Å². The lowest BCUT2D eigenvalue weighted by atomic mass is 9.77. The fraction of sp³-hybridized carbons (Fsp3) is 0.364. The minimum Gasteiger partial charge on any atom is -0.493 e. The second kappa shape index (κ2) is 5.68. The van der Waals surface area contributed by atoms with Crippen LogP contribution in [0.4, 0.5) is 0 Å². The highest BCUT2D eigenvalue weighted by atomic mass is 16.5. The molecular formula is C11H15BO4. The quantitative estimate of drug-likeness (QED) is 0.552. The largest absolute Gasteiger partial charge is 0.493 e. The first-order chi connectivity index (χ1) is 7.54. The number of hydrogen-bond acceptors (Lipinski definition) is 4. The Hall–Kier alpha value is -1.33. The molecule has 4 nitrogen and oxygen atoms in total. The normalized spacial score (nSPS) is 10.3. The lowest BCUT2D eigenvalue weighted by Crippen LogP contribution is -2.33. The van der Waals surface area contributed by atoms with Crippen LogP contribution in [0.1, 0.15) is 24.2 Å². The van der Waals surface area contributed by atoms with Gasteiger partial charge in [-0.3, -0.25) is 4.79 Å². The van der Waals surface area contributed by atoms with E-state index >= 15 is 0 Å². The monoisotopic (exact) mass is 222 g/mol. The third kappa shape index (κ3) is 3.36. The summed E-state index contributed by atoms with van der Waals surface area (Å²) in [6.07, 6.45) is 0.584. The van der Waals surface area contributed by atoms with E-state index in [1.165, 1.54) is 12.1 Å². The van der Waals surface area contributed by atoms with Crippen molar-refractivity contribution in [1.82, 2.24) is 0 Å². The molecule has 0 heterocycles. The molecule has 16 heavy (non-hydrogen) atoms. The van der Waals surface area contributed by atoms with Crippen LogP contribution in [0.3, 0.4) is 0 Å². The van der Waals surface area contributed by atoms with Crippen LogP contribution in [0.5, 0.6) is 5.75 Å². The zero-order valence-corrected chi connectivity index (χ0v) is 9.38. The van der Waals surface area contributed by atoms with Gasteiger partial charge in [0.1, 0.15) is 12.0 Å². The molecule has 0 fully saturated rings. The SMILES string of the molecule is CC(C)COc1ccc(C=O)c(B(O)O)c1. The number of carbonyl (C=O) groups is 1. The van der Waals surface area contributed by atoms with Crippen LogP contribution in [-0.2, 0) is 0 Å². The molecule has 0 radical (unpaired) electrons. The molecule has 0 aliphatic carbocycles. The van der Waals surface area contributed by atoms with Crippen molar-refractivity contribution in [3.05, 3.63) is 23.8 Å². The smallest absolute Gasteiger partial charge is 0.489 e. The third-order valence-corrected chi connectivity index (χ3v) is 2.05. The molecule has 0 aliphatic rings. The van der Waals surface area contributed by atoms with Crippen molar-refractivity contribution in [2.45, 2.75) is 13.8 Å². The number of carbonyl (C=O) groups excluding carboxylic acids is 1. The maximum Gasteiger partial charge on any atom is 0.489 e. The Morgan fingerprint density at radius 3 is 2.62 bits per heavy atom. The van der Waals surface area contributed by atoms with Gasteiger partial charge in [0, 0.05) is 5.56 Å². The predicted octanol–water partition coefficient (Wildman–Crippen LogP) is 0.214. The van der Waals surface area contributed by atoms with Crippen molar-refractivity contribution in [2.75, 3.05) is 6.61 Å². The van der Waals surface area contributed by atoms with E-state index in [4.69, 9.17) is 14.8 Å². The van der Waals surface area contributed by atoms with Gasteiger partial charge in [-0.05, 0) is 29.6 Å². The number of benzene rings is 1. The number of aldehydes is 1. The van der Waals surface area contributed by atoms with E-state index < -0.39 is 7.12 Å². The molecule has 86 valence electrons. The molecule has 0 spiro atoms. The Morgan fingerprint density at radius 2 is 2.12 bits per heavy atom. The predicted molar refractivity (Wildman–Crippen MR) is 62.0 cm³/mol. The zero-order valence-electron chi connectivity index (χ0n) is 9.38. The van der Waals surface area contributed by atoms with E-state index in [0.29, 0.717) is 24.6 Å². The van der Waals surface area contributed by atoms with Crippen LogP contribution in [0.25, 0.3) is 0 Å². The molecule has 0 saturated heterocycles. The average Bonchev–Trinajstić information content (AvgIpc) is 2.25. The summed E-state index contributed by atoms with van der Waals surface area (Å²) >= 11 is 0. The zero-order chi connectivity index (χ0) is 12.1. The highest BCUT2D eigenvalue weighted by molar-refractivity contribution is 6.60. The molecule has 0 aromatic heterocycles.